The molecule has 1 atom stereocenters. The Morgan fingerprint density at radius 3 is 2.57 bits per heavy atom. The van der Waals surface area contributed by atoms with Crippen molar-refractivity contribution in [2.45, 2.75) is 33.6 Å². The molecule has 1 rings (SSSR count). The van der Waals surface area contributed by atoms with Crippen LogP contribution in [0.2, 0.25) is 0 Å². The fourth-order valence-electron chi connectivity index (χ4n) is 1.27. The molecule has 0 radical (unpaired) electrons. The molecule has 0 spiro atoms. The molecule has 1 heterocycles. The van der Waals surface area contributed by atoms with Crippen molar-refractivity contribution in [1.82, 2.24) is 10.3 Å². The second-order valence-electron chi connectivity index (χ2n) is 4.28. The molecule has 2 nitrogen and oxygen atoms in total. The molecule has 1 aromatic rings. The third kappa shape index (κ3) is 3.76. The number of hydrogen-bond donors (Lipinski definition) is 1. The summed E-state index contributed by atoms with van der Waals surface area (Å²) in [5, 5.41) is 6.83. The van der Waals surface area contributed by atoms with Gasteiger partial charge in [0.25, 0.3) is 0 Å². The van der Waals surface area contributed by atoms with Crippen LogP contribution in [0.25, 0.3) is 0 Å². The van der Waals surface area contributed by atoms with Crippen molar-refractivity contribution >= 4 is 11.3 Å². The van der Waals surface area contributed by atoms with E-state index in [1.807, 2.05) is 6.92 Å². The summed E-state index contributed by atoms with van der Waals surface area (Å²) in [6.07, 6.45) is 0. The molecule has 0 bridgehead atoms. The molecule has 0 amide bonds. The van der Waals surface area contributed by atoms with E-state index >= 15 is 0 Å². The molecular weight excluding hydrogens is 192 g/mol. The molecule has 0 aliphatic heterocycles. The minimum atomic E-state index is 0.535. The largest absolute Gasteiger partial charge is 0.316 e. The van der Waals surface area contributed by atoms with E-state index in [1.54, 1.807) is 11.3 Å². The smallest absolute Gasteiger partial charge is 0.0969 e. The Bertz CT molecular complexity index is 268. The molecule has 0 fully saturated rings. The summed E-state index contributed by atoms with van der Waals surface area (Å²) in [5.74, 6) is 1.26. The van der Waals surface area contributed by atoms with Crippen LogP contribution in [0.15, 0.2) is 5.38 Å². The Morgan fingerprint density at radius 1 is 1.36 bits per heavy atom. The van der Waals surface area contributed by atoms with E-state index in [0.717, 1.165) is 24.7 Å². The third-order valence-corrected chi connectivity index (χ3v) is 3.26. The normalized spacial score (nSPS) is 13.5. The van der Waals surface area contributed by atoms with Crippen LogP contribution in [-0.2, 0) is 0 Å². The first-order chi connectivity index (χ1) is 6.59. The molecule has 0 saturated heterocycles. The maximum atomic E-state index is 4.49. The first-order valence-electron chi connectivity index (χ1n) is 5.22. The van der Waals surface area contributed by atoms with Crippen LogP contribution in [-0.4, -0.2) is 18.1 Å². The minimum Gasteiger partial charge on any atom is -0.316 e. The Hall–Kier alpha value is -0.410. The van der Waals surface area contributed by atoms with Gasteiger partial charge in [-0.3, -0.25) is 0 Å². The molecule has 80 valence electrons. The SMILES string of the molecule is Cc1csc(C(C)CNCC(C)C)n1. The summed E-state index contributed by atoms with van der Waals surface area (Å²) in [4.78, 5) is 4.49. The topological polar surface area (TPSA) is 24.9 Å². The molecule has 0 aromatic carbocycles. The highest BCUT2D eigenvalue weighted by Crippen LogP contribution is 2.18. The molecule has 0 saturated carbocycles. The van der Waals surface area contributed by atoms with Crippen LogP contribution < -0.4 is 5.32 Å². The Balaban J connectivity index is 2.32. The average Bonchev–Trinajstić information content (AvgIpc) is 2.51. The standard InChI is InChI=1S/C11H20N2S/c1-8(2)5-12-6-9(3)11-13-10(4)7-14-11/h7-9,12H,5-6H2,1-4H3. The fourth-order valence-corrected chi connectivity index (χ4v) is 2.13. The third-order valence-electron chi connectivity index (χ3n) is 2.06. The number of nitrogens with zero attached hydrogens (tertiary/aromatic N) is 1. The lowest BCUT2D eigenvalue weighted by atomic mass is 10.1. The van der Waals surface area contributed by atoms with E-state index in [0.29, 0.717) is 5.92 Å². The van der Waals surface area contributed by atoms with Gasteiger partial charge in [0.1, 0.15) is 0 Å². The van der Waals surface area contributed by atoms with Gasteiger partial charge in [-0.15, -0.1) is 11.3 Å². The molecule has 1 unspecified atom stereocenters. The van der Waals surface area contributed by atoms with Crippen molar-refractivity contribution < 1.29 is 0 Å². The number of nitrogens with one attached hydrogen (secondary N) is 1. The summed E-state index contributed by atoms with van der Waals surface area (Å²) in [7, 11) is 0. The van der Waals surface area contributed by atoms with Gasteiger partial charge in [-0.1, -0.05) is 20.8 Å². The molecule has 0 aliphatic rings. The lowest BCUT2D eigenvalue weighted by Gasteiger charge is -2.11. The van der Waals surface area contributed by atoms with Gasteiger partial charge in [-0.2, -0.15) is 0 Å². The zero-order chi connectivity index (χ0) is 10.6. The lowest BCUT2D eigenvalue weighted by molar-refractivity contribution is 0.528. The Morgan fingerprint density at radius 2 is 2.07 bits per heavy atom. The van der Waals surface area contributed by atoms with Crippen LogP contribution in [0, 0.1) is 12.8 Å². The van der Waals surface area contributed by atoms with Crippen LogP contribution in [0.4, 0.5) is 0 Å². The van der Waals surface area contributed by atoms with E-state index < -0.39 is 0 Å². The molecule has 0 aliphatic carbocycles. The summed E-state index contributed by atoms with van der Waals surface area (Å²) in [5.41, 5.74) is 1.14. The van der Waals surface area contributed by atoms with Gasteiger partial charge in [-0.05, 0) is 19.4 Å². The summed E-state index contributed by atoms with van der Waals surface area (Å²) >= 11 is 1.77. The van der Waals surface area contributed by atoms with E-state index in [9.17, 15) is 0 Å². The van der Waals surface area contributed by atoms with Crippen molar-refractivity contribution in [3.63, 3.8) is 0 Å². The van der Waals surface area contributed by atoms with Crippen LogP contribution in [0.3, 0.4) is 0 Å². The van der Waals surface area contributed by atoms with Crippen LogP contribution in [0.1, 0.15) is 37.4 Å². The van der Waals surface area contributed by atoms with Gasteiger partial charge in [-0.25, -0.2) is 4.98 Å². The fraction of sp³-hybridized carbons (Fsp3) is 0.727. The van der Waals surface area contributed by atoms with Crippen molar-refractivity contribution in [2.24, 2.45) is 5.92 Å². The maximum Gasteiger partial charge on any atom is 0.0969 e. The predicted molar refractivity (Wildman–Crippen MR) is 63.0 cm³/mol. The summed E-state index contributed by atoms with van der Waals surface area (Å²) in [6.45, 7) is 10.9. The number of aromatic nitrogens is 1. The van der Waals surface area contributed by atoms with Crippen molar-refractivity contribution in [3.05, 3.63) is 16.1 Å². The second kappa shape index (κ2) is 5.47. The Kier molecular flexibility index (Phi) is 4.55. The van der Waals surface area contributed by atoms with E-state index in [4.69, 9.17) is 0 Å². The first kappa shape index (κ1) is 11.7. The van der Waals surface area contributed by atoms with Crippen LogP contribution in [0.5, 0.6) is 0 Å². The predicted octanol–water partition coefficient (Wildman–Crippen LogP) is 2.80. The highest BCUT2D eigenvalue weighted by molar-refractivity contribution is 7.09. The molecule has 14 heavy (non-hydrogen) atoms. The van der Waals surface area contributed by atoms with Gasteiger partial charge in [0, 0.05) is 23.5 Å². The highest BCUT2D eigenvalue weighted by Gasteiger charge is 2.08. The van der Waals surface area contributed by atoms with Crippen LogP contribution >= 0.6 is 11.3 Å². The zero-order valence-electron chi connectivity index (χ0n) is 9.50. The van der Waals surface area contributed by atoms with Gasteiger partial charge in [0.15, 0.2) is 0 Å². The molecular formula is C11H20N2S. The van der Waals surface area contributed by atoms with E-state index in [-0.39, 0.29) is 0 Å². The zero-order valence-corrected chi connectivity index (χ0v) is 10.3. The molecule has 1 aromatic heterocycles. The second-order valence-corrected chi connectivity index (χ2v) is 5.17. The number of aryl methyl sites for hydroxylation is 1. The summed E-state index contributed by atoms with van der Waals surface area (Å²) < 4.78 is 0. The van der Waals surface area contributed by atoms with Gasteiger partial charge in [0.05, 0.1) is 5.01 Å². The number of thiazole rings is 1. The van der Waals surface area contributed by atoms with Crippen molar-refractivity contribution in [2.75, 3.05) is 13.1 Å². The lowest BCUT2D eigenvalue weighted by Crippen LogP contribution is -2.24. The van der Waals surface area contributed by atoms with Gasteiger partial charge < -0.3 is 5.32 Å². The summed E-state index contributed by atoms with van der Waals surface area (Å²) in [6, 6.07) is 0. The monoisotopic (exact) mass is 212 g/mol. The van der Waals surface area contributed by atoms with E-state index in [2.05, 4.69) is 36.5 Å². The maximum absolute atomic E-state index is 4.49. The minimum absolute atomic E-state index is 0.535. The van der Waals surface area contributed by atoms with Crippen molar-refractivity contribution in [3.8, 4) is 0 Å². The van der Waals surface area contributed by atoms with Gasteiger partial charge >= 0.3 is 0 Å². The van der Waals surface area contributed by atoms with Crippen molar-refractivity contribution in [1.29, 1.82) is 0 Å². The Labute approximate surface area is 90.8 Å². The number of hydrogen-bond acceptors (Lipinski definition) is 3. The van der Waals surface area contributed by atoms with Gasteiger partial charge in [0.2, 0.25) is 0 Å². The quantitative estimate of drug-likeness (QED) is 0.812. The number of rotatable bonds is 5. The highest BCUT2D eigenvalue weighted by atomic mass is 32.1. The first-order valence-corrected chi connectivity index (χ1v) is 6.10. The molecule has 3 heteroatoms. The van der Waals surface area contributed by atoms with E-state index in [1.165, 1.54) is 5.01 Å². The average molecular weight is 212 g/mol. The molecule has 1 N–H and O–H groups in total.